The first kappa shape index (κ1) is 12.3. The van der Waals surface area contributed by atoms with Crippen molar-refractivity contribution in [2.45, 2.75) is 19.8 Å². The Morgan fingerprint density at radius 1 is 1.41 bits per heavy atom. The SMILES string of the molecule is Cc1cc(N(C)CCO)nc2c1CCNCC2. The summed E-state index contributed by atoms with van der Waals surface area (Å²) >= 11 is 0. The molecule has 0 fully saturated rings. The number of pyridine rings is 1. The third-order valence-corrected chi connectivity index (χ3v) is 3.34. The number of aliphatic hydroxyl groups is 1. The van der Waals surface area contributed by atoms with Crippen LogP contribution in [0.4, 0.5) is 5.82 Å². The highest BCUT2D eigenvalue weighted by molar-refractivity contribution is 5.46. The maximum absolute atomic E-state index is 8.97. The molecule has 1 aromatic rings. The summed E-state index contributed by atoms with van der Waals surface area (Å²) in [5, 5.41) is 12.4. The lowest BCUT2D eigenvalue weighted by molar-refractivity contribution is 0.304. The smallest absolute Gasteiger partial charge is 0.128 e. The van der Waals surface area contributed by atoms with Crippen LogP contribution in [0, 0.1) is 6.92 Å². The van der Waals surface area contributed by atoms with Gasteiger partial charge in [0.15, 0.2) is 0 Å². The number of hydrogen-bond donors (Lipinski definition) is 2. The van der Waals surface area contributed by atoms with E-state index in [-0.39, 0.29) is 6.61 Å². The van der Waals surface area contributed by atoms with Gasteiger partial charge >= 0.3 is 0 Å². The van der Waals surface area contributed by atoms with Crippen LogP contribution in [0.25, 0.3) is 0 Å². The van der Waals surface area contributed by atoms with Gasteiger partial charge in [-0.15, -0.1) is 0 Å². The molecule has 2 N–H and O–H groups in total. The number of fused-ring (bicyclic) bond motifs is 1. The molecule has 0 saturated carbocycles. The van der Waals surface area contributed by atoms with Gasteiger partial charge in [-0.25, -0.2) is 4.98 Å². The number of aryl methyl sites for hydroxylation is 1. The third-order valence-electron chi connectivity index (χ3n) is 3.34. The molecule has 0 aliphatic carbocycles. The zero-order chi connectivity index (χ0) is 12.3. The van der Waals surface area contributed by atoms with Crippen LogP contribution in [-0.4, -0.2) is 43.4 Å². The number of rotatable bonds is 3. The molecule has 4 heteroatoms. The first-order valence-electron chi connectivity index (χ1n) is 6.24. The molecule has 1 aromatic heterocycles. The highest BCUT2D eigenvalue weighted by Crippen LogP contribution is 2.21. The van der Waals surface area contributed by atoms with Crippen LogP contribution < -0.4 is 10.2 Å². The van der Waals surface area contributed by atoms with Gasteiger partial charge in [-0.2, -0.15) is 0 Å². The maximum Gasteiger partial charge on any atom is 0.128 e. The third kappa shape index (κ3) is 2.76. The van der Waals surface area contributed by atoms with Crippen LogP contribution in [-0.2, 0) is 12.8 Å². The zero-order valence-electron chi connectivity index (χ0n) is 10.7. The van der Waals surface area contributed by atoms with Crippen LogP contribution >= 0.6 is 0 Å². The van der Waals surface area contributed by atoms with Crippen molar-refractivity contribution in [1.82, 2.24) is 10.3 Å². The average Bonchev–Trinajstić information content (AvgIpc) is 2.54. The van der Waals surface area contributed by atoms with E-state index in [1.165, 1.54) is 16.8 Å². The molecule has 1 aliphatic heterocycles. The van der Waals surface area contributed by atoms with E-state index in [2.05, 4.69) is 18.3 Å². The van der Waals surface area contributed by atoms with Crippen molar-refractivity contribution in [2.24, 2.45) is 0 Å². The molecule has 0 radical (unpaired) electrons. The second-order valence-electron chi connectivity index (χ2n) is 4.62. The van der Waals surface area contributed by atoms with Gasteiger partial charge < -0.3 is 15.3 Å². The molecular weight excluding hydrogens is 214 g/mol. The van der Waals surface area contributed by atoms with Gasteiger partial charge in [0, 0.05) is 32.3 Å². The summed E-state index contributed by atoms with van der Waals surface area (Å²) in [6, 6.07) is 2.12. The Hall–Kier alpha value is -1.13. The minimum Gasteiger partial charge on any atom is -0.395 e. The van der Waals surface area contributed by atoms with Gasteiger partial charge in [0.05, 0.1) is 6.61 Å². The molecule has 17 heavy (non-hydrogen) atoms. The monoisotopic (exact) mass is 235 g/mol. The summed E-state index contributed by atoms with van der Waals surface area (Å²) in [4.78, 5) is 6.73. The molecule has 2 heterocycles. The van der Waals surface area contributed by atoms with Gasteiger partial charge in [0.25, 0.3) is 0 Å². The number of likely N-dealkylation sites (N-methyl/N-ethyl adjacent to an activating group) is 1. The molecule has 1 aliphatic rings. The average molecular weight is 235 g/mol. The number of aliphatic hydroxyl groups excluding tert-OH is 1. The minimum absolute atomic E-state index is 0.163. The Morgan fingerprint density at radius 3 is 2.94 bits per heavy atom. The Morgan fingerprint density at radius 2 is 2.18 bits per heavy atom. The predicted octanol–water partition coefficient (Wildman–Crippen LogP) is 0.507. The van der Waals surface area contributed by atoms with E-state index in [1.807, 2.05) is 11.9 Å². The van der Waals surface area contributed by atoms with Crippen LogP contribution in [0.15, 0.2) is 6.07 Å². The largest absolute Gasteiger partial charge is 0.395 e. The summed E-state index contributed by atoms with van der Waals surface area (Å²) in [5.41, 5.74) is 3.93. The Bertz CT molecular complexity index is 392. The molecule has 0 atom stereocenters. The van der Waals surface area contributed by atoms with Crippen molar-refractivity contribution in [3.8, 4) is 0 Å². The van der Waals surface area contributed by atoms with Gasteiger partial charge in [-0.3, -0.25) is 0 Å². The number of nitrogens with one attached hydrogen (secondary N) is 1. The second kappa shape index (κ2) is 5.47. The molecule has 4 nitrogen and oxygen atoms in total. The molecule has 0 unspecified atom stereocenters. The lowest BCUT2D eigenvalue weighted by Gasteiger charge is -2.20. The number of anilines is 1. The molecule has 2 rings (SSSR count). The first-order chi connectivity index (χ1) is 8.22. The Labute approximate surface area is 103 Å². The minimum atomic E-state index is 0.163. The fraction of sp³-hybridized carbons (Fsp3) is 0.615. The fourth-order valence-corrected chi connectivity index (χ4v) is 2.30. The van der Waals surface area contributed by atoms with E-state index in [0.29, 0.717) is 6.54 Å². The lowest BCUT2D eigenvalue weighted by Crippen LogP contribution is -2.23. The summed E-state index contributed by atoms with van der Waals surface area (Å²) in [7, 11) is 1.97. The van der Waals surface area contributed by atoms with Crippen LogP contribution in [0.3, 0.4) is 0 Å². The summed E-state index contributed by atoms with van der Waals surface area (Å²) < 4.78 is 0. The van der Waals surface area contributed by atoms with E-state index >= 15 is 0 Å². The molecule has 0 spiro atoms. The van der Waals surface area contributed by atoms with Gasteiger partial charge in [-0.1, -0.05) is 0 Å². The fourth-order valence-electron chi connectivity index (χ4n) is 2.30. The molecule has 0 aromatic carbocycles. The molecule has 0 saturated heterocycles. The first-order valence-corrected chi connectivity index (χ1v) is 6.24. The highest BCUT2D eigenvalue weighted by atomic mass is 16.3. The van der Waals surface area contributed by atoms with Crippen LogP contribution in [0.1, 0.15) is 16.8 Å². The topological polar surface area (TPSA) is 48.4 Å². The van der Waals surface area contributed by atoms with Gasteiger partial charge in [0.2, 0.25) is 0 Å². The molecule has 0 amide bonds. The summed E-state index contributed by atoms with van der Waals surface area (Å²) in [6.07, 6.45) is 2.06. The standard InChI is InChI=1S/C13H21N3O/c1-10-9-13(16(2)7-8-17)15-12-4-6-14-5-3-11(10)12/h9,14,17H,3-8H2,1-2H3. The molecule has 94 valence electrons. The van der Waals surface area contributed by atoms with Crippen molar-refractivity contribution in [2.75, 3.05) is 38.2 Å². The summed E-state index contributed by atoms with van der Waals surface area (Å²) in [6.45, 7) is 5.00. The maximum atomic E-state index is 8.97. The Balaban J connectivity index is 2.31. The van der Waals surface area contributed by atoms with E-state index in [9.17, 15) is 0 Å². The van der Waals surface area contributed by atoms with E-state index in [4.69, 9.17) is 10.1 Å². The van der Waals surface area contributed by atoms with E-state index < -0.39 is 0 Å². The van der Waals surface area contributed by atoms with Crippen LogP contribution in [0.2, 0.25) is 0 Å². The summed E-state index contributed by atoms with van der Waals surface area (Å²) in [5.74, 6) is 0.970. The van der Waals surface area contributed by atoms with Crippen molar-refractivity contribution >= 4 is 5.82 Å². The zero-order valence-corrected chi connectivity index (χ0v) is 10.7. The number of nitrogens with zero attached hydrogens (tertiary/aromatic N) is 2. The number of aromatic nitrogens is 1. The van der Waals surface area contributed by atoms with Gasteiger partial charge in [0.1, 0.15) is 5.82 Å². The number of hydrogen-bond acceptors (Lipinski definition) is 4. The highest BCUT2D eigenvalue weighted by Gasteiger charge is 2.14. The van der Waals surface area contributed by atoms with Crippen molar-refractivity contribution < 1.29 is 5.11 Å². The lowest BCUT2D eigenvalue weighted by atomic mass is 10.0. The van der Waals surface area contributed by atoms with Crippen LogP contribution in [0.5, 0.6) is 0 Å². The van der Waals surface area contributed by atoms with Gasteiger partial charge in [-0.05, 0) is 37.1 Å². The van der Waals surface area contributed by atoms with E-state index in [1.54, 1.807) is 0 Å². The Kier molecular flexibility index (Phi) is 3.97. The van der Waals surface area contributed by atoms with Crippen molar-refractivity contribution in [3.05, 3.63) is 22.9 Å². The van der Waals surface area contributed by atoms with Crippen molar-refractivity contribution in [3.63, 3.8) is 0 Å². The van der Waals surface area contributed by atoms with E-state index in [0.717, 1.165) is 31.7 Å². The van der Waals surface area contributed by atoms with Crippen molar-refractivity contribution in [1.29, 1.82) is 0 Å². The molecule has 0 bridgehead atoms. The quantitative estimate of drug-likeness (QED) is 0.801. The molecular formula is C13H21N3O. The predicted molar refractivity (Wildman–Crippen MR) is 69.6 cm³/mol. The second-order valence-corrected chi connectivity index (χ2v) is 4.62. The normalized spacial score (nSPS) is 15.2.